The summed E-state index contributed by atoms with van der Waals surface area (Å²) < 4.78 is 1.71. The molecule has 0 radical (unpaired) electrons. The van der Waals surface area contributed by atoms with Crippen LogP contribution in [0.4, 0.5) is 0 Å². The molecule has 1 aliphatic rings. The van der Waals surface area contributed by atoms with Crippen LogP contribution in [-0.4, -0.2) is 33.8 Å². The summed E-state index contributed by atoms with van der Waals surface area (Å²) in [6, 6.07) is 7.97. The van der Waals surface area contributed by atoms with E-state index in [1.807, 2.05) is 31.2 Å². The molecule has 1 fully saturated rings. The lowest BCUT2D eigenvalue weighted by molar-refractivity contribution is -0.125. The SMILES string of the molecule is CC(NC(=O)C1CCNC1)c1ccc(-n2cncn2)cc1. The number of carbonyl (C=O) groups is 1. The van der Waals surface area contributed by atoms with Gasteiger partial charge in [-0.05, 0) is 37.6 Å². The second-order valence-electron chi connectivity index (χ2n) is 5.35. The highest BCUT2D eigenvalue weighted by Gasteiger charge is 2.23. The van der Waals surface area contributed by atoms with Crippen molar-refractivity contribution in [3.05, 3.63) is 42.5 Å². The molecule has 1 aromatic heterocycles. The second kappa shape index (κ2) is 6.05. The van der Waals surface area contributed by atoms with Gasteiger partial charge in [0, 0.05) is 6.54 Å². The predicted octanol–water partition coefficient (Wildman–Crippen LogP) is 1.05. The van der Waals surface area contributed by atoms with Crippen LogP contribution >= 0.6 is 0 Å². The van der Waals surface area contributed by atoms with Gasteiger partial charge in [0.2, 0.25) is 5.91 Å². The van der Waals surface area contributed by atoms with Gasteiger partial charge < -0.3 is 10.6 Å². The summed E-state index contributed by atoms with van der Waals surface area (Å²) >= 11 is 0. The van der Waals surface area contributed by atoms with Crippen LogP contribution in [0.5, 0.6) is 0 Å². The second-order valence-corrected chi connectivity index (χ2v) is 5.35. The van der Waals surface area contributed by atoms with Gasteiger partial charge in [0.1, 0.15) is 12.7 Å². The Morgan fingerprint density at radius 1 is 1.43 bits per heavy atom. The summed E-state index contributed by atoms with van der Waals surface area (Å²) in [5, 5.41) is 10.4. The van der Waals surface area contributed by atoms with E-state index < -0.39 is 0 Å². The van der Waals surface area contributed by atoms with E-state index in [0.29, 0.717) is 0 Å². The van der Waals surface area contributed by atoms with Crippen molar-refractivity contribution in [1.29, 1.82) is 0 Å². The summed E-state index contributed by atoms with van der Waals surface area (Å²) in [6.07, 6.45) is 4.09. The number of amides is 1. The quantitative estimate of drug-likeness (QED) is 0.881. The third-order valence-electron chi connectivity index (χ3n) is 3.87. The van der Waals surface area contributed by atoms with E-state index in [4.69, 9.17) is 0 Å². The van der Waals surface area contributed by atoms with Gasteiger partial charge in [-0.1, -0.05) is 12.1 Å². The lowest BCUT2D eigenvalue weighted by atomic mass is 10.0. The maximum atomic E-state index is 12.1. The summed E-state index contributed by atoms with van der Waals surface area (Å²) in [5.74, 6) is 0.231. The molecule has 2 N–H and O–H groups in total. The minimum atomic E-state index is 0.00268. The number of nitrogens with zero attached hydrogens (tertiary/aromatic N) is 3. The molecule has 1 aromatic carbocycles. The Balaban J connectivity index is 1.64. The van der Waals surface area contributed by atoms with Gasteiger partial charge in [-0.2, -0.15) is 5.10 Å². The summed E-state index contributed by atoms with van der Waals surface area (Å²) in [7, 11) is 0. The van der Waals surface area contributed by atoms with Crippen molar-refractivity contribution in [2.45, 2.75) is 19.4 Å². The fourth-order valence-corrected chi connectivity index (χ4v) is 2.55. The summed E-state index contributed by atoms with van der Waals surface area (Å²) in [5.41, 5.74) is 2.04. The standard InChI is InChI=1S/C15H19N5O/c1-11(19-15(21)13-6-7-16-8-13)12-2-4-14(5-3-12)20-10-17-9-18-20/h2-5,9-11,13,16H,6-8H2,1H3,(H,19,21). The predicted molar refractivity (Wildman–Crippen MR) is 78.9 cm³/mol. The fourth-order valence-electron chi connectivity index (χ4n) is 2.55. The number of hydrogen-bond donors (Lipinski definition) is 2. The third-order valence-corrected chi connectivity index (χ3v) is 3.87. The van der Waals surface area contributed by atoms with Crippen LogP contribution in [0, 0.1) is 5.92 Å². The van der Waals surface area contributed by atoms with Gasteiger partial charge in [-0.3, -0.25) is 4.79 Å². The summed E-state index contributed by atoms with van der Waals surface area (Å²) in [4.78, 5) is 16.0. The number of carbonyl (C=O) groups excluding carboxylic acids is 1. The molecule has 1 aliphatic heterocycles. The third kappa shape index (κ3) is 3.11. The number of rotatable bonds is 4. The smallest absolute Gasteiger partial charge is 0.224 e. The molecule has 3 rings (SSSR count). The number of benzene rings is 1. The van der Waals surface area contributed by atoms with Crippen molar-refractivity contribution in [3.63, 3.8) is 0 Å². The van der Waals surface area contributed by atoms with Gasteiger partial charge >= 0.3 is 0 Å². The van der Waals surface area contributed by atoms with E-state index in [2.05, 4.69) is 20.7 Å². The Morgan fingerprint density at radius 2 is 2.24 bits per heavy atom. The van der Waals surface area contributed by atoms with Gasteiger partial charge in [0.25, 0.3) is 0 Å². The molecule has 6 nitrogen and oxygen atoms in total. The van der Waals surface area contributed by atoms with Crippen LogP contribution in [0.2, 0.25) is 0 Å². The van der Waals surface area contributed by atoms with E-state index in [0.717, 1.165) is 30.8 Å². The molecule has 0 aliphatic carbocycles. The molecule has 0 saturated carbocycles. The topological polar surface area (TPSA) is 71.8 Å². The number of aromatic nitrogens is 3. The molecule has 2 atom stereocenters. The van der Waals surface area contributed by atoms with Crippen LogP contribution in [0.25, 0.3) is 5.69 Å². The van der Waals surface area contributed by atoms with E-state index in [-0.39, 0.29) is 17.9 Å². The fraction of sp³-hybridized carbons (Fsp3) is 0.400. The lowest BCUT2D eigenvalue weighted by Crippen LogP contribution is -2.33. The first-order valence-corrected chi connectivity index (χ1v) is 7.20. The van der Waals surface area contributed by atoms with Crippen LogP contribution in [-0.2, 0) is 4.79 Å². The Labute approximate surface area is 123 Å². The Kier molecular flexibility index (Phi) is 3.96. The van der Waals surface area contributed by atoms with Crippen molar-refractivity contribution in [2.75, 3.05) is 13.1 Å². The van der Waals surface area contributed by atoms with Crippen molar-refractivity contribution < 1.29 is 4.79 Å². The maximum absolute atomic E-state index is 12.1. The molecule has 110 valence electrons. The van der Waals surface area contributed by atoms with Crippen LogP contribution in [0.3, 0.4) is 0 Å². The molecule has 1 saturated heterocycles. The number of nitrogens with one attached hydrogen (secondary N) is 2. The van der Waals surface area contributed by atoms with Gasteiger partial charge in [-0.25, -0.2) is 9.67 Å². The zero-order valence-corrected chi connectivity index (χ0v) is 12.0. The Hall–Kier alpha value is -2.21. The van der Waals surface area contributed by atoms with Crippen LogP contribution in [0.1, 0.15) is 24.9 Å². The van der Waals surface area contributed by atoms with Crippen molar-refractivity contribution in [2.24, 2.45) is 5.92 Å². The molecule has 2 aromatic rings. The molecule has 0 bridgehead atoms. The Morgan fingerprint density at radius 3 is 2.86 bits per heavy atom. The average molecular weight is 285 g/mol. The minimum absolute atomic E-state index is 0.00268. The van der Waals surface area contributed by atoms with Crippen molar-refractivity contribution in [1.82, 2.24) is 25.4 Å². The highest BCUT2D eigenvalue weighted by atomic mass is 16.2. The van der Waals surface area contributed by atoms with Crippen LogP contribution < -0.4 is 10.6 Å². The van der Waals surface area contributed by atoms with Crippen molar-refractivity contribution in [3.8, 4) is 5.69 Å². The van der Waals surface area contributed by atoms with Gasteiger partial charge in [0.15, 0.2) is 0 Å². The van der Waals surface area contributed by atoms with E-state index in [1.54, 1.807) is 11.0 Å². The maximum Gasteiger partial charge on any atom is 0.224 e. The Bertz CT molecular complexity index is 587. The number of hydrogen-bond acceptors (Lipinski definition) is 4. The minimum Gasteiger partial charge on any atom is -0.349 e. The highest BCUT2D eigenvalue weighted by Crippen LogP contribution is 2.17. The van der Waals surface area contributed by atoms with Crippen LogP contribution in [0.15, 0.2) is 36.9 Å². The molecule has 2 unspecified atom stereocenters. The average Bonchev–Trinajstić information content (AvgIpc) is 3.20. The zero-order valence-electron chi connectivity index (χ0n) is 12.0. The van der Waals surface area contributed by atoms with Crippen molar-refractivity contribution >= 4 is 5.91 Å². The molecular formula is C15H19N5O. The lowest BCUT2D eigenvalue weighted by Gasteiger charge is -2.17. The first-order valence-electron chi connectivity index (χ1n) is 7.20. The molecule has 0 spiro atoms. The molecule has 1 amide bonds. The molecular weight excluding hydrogens is 266 g/mol. The first-order chi connectivity index (χ1) is 10.2. The van der Waals surface area contributed by atoms with E-state index in [1.165, 1.54) is 6.33 Å². The molecule has 21 heavy (non-hydrogen) atoms. The molecule has 6 heteroatoms. The van der Waals surface area contributed by atoms with E-state index >= 15 is 0 Å². The molecule has 2 heterocycles. The van der Waals surface area contributed by atoms with E-state index in [9.17, 15) is 4.79 Å². The van der Waals surface area contributed by atoms with Gasteiger partial charge in [0.05, 0.1) is 17.6 Å². The monoisotopic (exact) mass is 285 g/mol. The normalized spacial score (nSPS) is 19.4. The first kappa shape index (κ1) is 13.8. The largest absolute Gasteiger partial charge is 0.349 e. The summed E-state index contributed by atoms with van der Waals surface area (Å²) in [6.45, 7) is 3.72. The van der Waals surface area contributed by atoms with Gasteiger partial charge in [-0.15, -0.1) is 0 Å². The zero-order chi connectivity index (χ0) is 14.7. The highest BCUT2D eigenvalue weighted by molar-refractivity contribution is 5.79.